The highest BCUT2D eigenvalue weighted by Crippen LogP contribution is 2.11. The largest absolute Gasteiger partial charge is 0.377 e. The summed E-state index contributed by atoms with van der Waals surface area (Å²) in [6.07, 6.45) is 2.55. The second kappa shape index (κ2) is 7.46. The third-order valence-corrected chi connectivity index (χ3v) is 3.28. The number of ether oxygens (including phenoxy) is 1. The van der Waals surface area contributed by atoms with Crippen LogP contribution in [0.3, 0.4) is 0 Å². The van der Waals surface area contributed by atoms with E-state index in [9.17, 15) is 0 Å². The number of rotatable bonds is 5. The second-order valence-electron chi connectivity index (χ2n) is 5.21. The van der Waals surface area contributed by atoms with Gasteiger partial charge < -0.3 is 10.1 Å². The van der Waals surface area contributed by atoms with Gasteiger partial charge in [0.15, 0.2) is 0 Å². The van der Waals surface area contributed by atoms with Crippen molar-refractivity contribution in [1.29, 1.82) is 0 Å². The molecule has 1 atom stereocenters. The molecule has 1 aliphatic rings. The molecular weight excluding hydrogens is 238 g/mol. The van der Waals surface area contributed by atoms with Crippen molar-refractivity contribution in [3.05, 3.63) is 23.9 Å². The van der Waals surface area contributed by atoms with E-state index >= 15 is 0 Å². The Kier molecular flexibility index (Phi) is 5.61. The lowest BCUT2D eigenvalue weighted by Crippen LogP contribution is -2.30. The highest BCUT2D eigenvalue weighted by molar-refractivity contribution is 5.35. The summed E-state index contributed by atoms with van der Waals surface area (Å²) in [5.41, 5.74) is 1.13. The summed E-state index contributed by atoms with van der Waals surface area (Å²) >= 11 is 0. The molecule has 2 rings (SSSR count). The molecule has 4 nitrogen and oxygen atoms in total. The van der Waals surface area contributed by atoms with Gasteiger partial charge >= 0.3 is 0 Å². The molecule has 0 aromatic carbocycles. The molecule has 0 radical (unpaired) electrons. The highest BCUT2D eigenvalue weighted by atomic mass is 16.5. The number of pyridine rings is 1. The number of hydrogen-bond acceptors (Lipinski definition) is 4. The monoisotopic (exact) mass is 263 g/mol. The van der Waals surface area contributed by atoms with Crippen LogP contribution in [0.4, 0.5) is 5.82 Å². The van der Waals surface area contributed by atoms with Crippen LogP contribution in [0.25, 0.3) is 0 Å². The van der Waals surface area contributed by atoms with Crippen LogP contribution >= 0.6 is 0 Å². The first-order chi connectivity index (χ1) is 9.28. The van der Waals surface area contributed by atoms with Crippen molar-refractivity contribution in [2.75, 3.05) is 31.6 Å². The normalized spacial score (nSPS) is 21.1. The second-order valence-corrected chi connectivity index (χ2v) is 5.21. The minimum atomic E-state index is 0.323. The molecular formula is C15H25N3O. The van der Waals surface area contributed by atoms with E-state index in [1.54, 1.807) is 0 Å². The molecule has 1 saturated heterocycles. The Morgan fingerprint density at radius 2 is 2.37 bits per heavy atom. The first kappa shape index (κ1) is 14.3. The molecule has 106 valence electrons. The summed E-state index contributed by atoms with van der Waals surface area (Å²) in [6, 6.07) is 6.22. The number of nitrogens with one attached hydrogen (secondary N) is 1. The predicted octanol–water partition coefficient (Wildman–Crippen LogP) is 2.51. The molecule has 1 aromatic heterocycles. The zero-order chi connectivity index (χ0) is 13.5. The van der Waals surface area contributed by atoms with Gasteiger partial charge in [-0.25, -0.2) is 4.98 Å². The van der Waals surface area contributed by atoms with Gasteiger partial charge in [-0.05, 0) is 31.9 Å². The fourth-order valence-corrected chi connectivity index (χ4v) is 2.37. The van der Waals surface area contributed by atoms with Gasteiger partial charge in [0.05, 0.1) is 11.8 Å². The molecule has 0 amide bonds. The van der Waals surface area contributed by atoms with Crippen molar-refractivity contribution in [1.82, 2.24) is 9.88 Å². The number of hydrogen-bond donors (Lipinski definition) is 1. The van der Waals surface area contributed by atoms with Crippen molar-refractivity contribution in [3.8, 4) is 0 Å². The van der Waals surface area contributed by atoms with Crippen LogP contribution in [0.1, 0.15) is 32.4 Å². The zero-order valence-corrected chi connectivity index (χ0v) is 12.1. The first-order valence-electron chi connectivity index (χ1n) is 7.31. The maximum atomic E-state index is 5.67. The Labute approximate surface area is 116 Å². The van der Waals surface area contributed by atoms with Gasteiger partial charge in [-0.3, -0.25) is 4.90 Å². The van der Waals surface area contributed by atoms with Crippen LogP contribution in [0.5, 0.6) is 0 Å². The van der Waals surface area contributed by atoms with E-state index in [-0.39, 0.29) is 0 Å². The molecule has 1 N–H and O–H groups in total. The minimum Gasteiger partial charge on any atom is -0.377 e. The van der Waals surface area contributed by atoms with E-state index in [0.29, 0.717) is 6.10 Å². The molecule has 1 unspecified atom stereocenters. The Bertz CT molecular complexity index is 383. The van der Waals surface area contributed by atoms with Gasteiger partial charge in [0.1, 0.15) is 5.82 Å². The minimum absolute atomic E-state index is 0.323. The molecule has 0 aliphatic carbocycles. The van der Waals surface area contributed by atoms with E-state index in [2.05, 4.69) is 41.2 Å². The smallest absolute Gasteiger partial charge is 0.126 e. The summed E-state index contributed by atoms with van der Waals surface area (Å²) in [7, 11) is 0. The van der Waals surface area contributed by atoms with Crippen LogP contribution in [0, 0.1) is 0 Å². The van der Waals surface area contributed by atoms with Gasteiger partial charge in [0, 0.05) is 32.8 Å². The van der Waals surface area contributed by atoms with Crippen molar-refractivity contribution < 1.29 is 4.74 Å². The highest BCUT2D eigenvalue weighted by Gasteiger charge is 2.15. The summed E-state index contributed by atoms with van der Waals surface area (Å²) in [6.45, 7) is 9.16. The summed E-state index contributed by atoms with van der Waals surface area (Å²) in [4.78, 5) is 7.10. The van der Waals surface area contributed by atoms with Gasteiger partial charge in [-0.2, -0.15) is 0 Å². The van der Waals surface area contributed by atoms with Crippen molar-refractivity contribution in [3.63, 3.8) is 0 Å². The van der Waals surface area contributed by atoms with Gasteiger partial charge in [-0.1, -0.05) is 13.0 Å². The van der Waals surface area contributed by atoms with Gasteiger partial charge in [0.2, 0.25) is 0 Å². The topological polar surface area (TPSA) is 37.4 Å². The molecule has 1 aliphatic heterocycles. The SMILES string of the molecule is CCCNc1cccc(CN2CCCOC(C)C2)n1. The number of aromatic nitrogens is 1. The van der Waals surface area contributed by atoms with Crippen LogP contribution in [-0.4, -0.2) is 42.2 Å². The van der Waals surface area contributed by atoms with Crippen LogP contribution in [0.15, 0.2) is 18.2 Å². The number of anilines is 1. The number of nitrogens with zero attached hydrogens (tertiary/aromatic N) is 2. The Morgan fingerprint density at radius 1 is 1.47 bits per heavy atom. The third kappa shape index (κ3) is 4.80. The summed E-state index contributed by atoms with van der Waals surface area (Å²) in [5, 5.41) is 3.34. The molecule has 0 bridgehead atoms. The van der Waals surface area contributed by atoms with Gasteiger partial charge in [-0.15, -0.1) is 0 Å². The fraction of sp³-hybridized carbons (Fsp3) is 0.667. The average molecular weight is 263 g/mol. The molecule has 0 saturated carbocycles. The average Bonchev–Trinajstić information content (AvgIpc) is 2.61. The van der Waals surface area contributed by atoms with E-state index in [4.69, 9.17) is 4.74 Å². The lowest BCUT2D eigenvalue weighted by molar-refractivity contribution is 0.0666. The Hall–Kier alpha value is -1.13. The van der Waals surface area contributed by atoms with Crippen molar-refractivity contribution in [2.24, 2.45) is 0 Å². The Balaban J connectivity index is 1.93. The van der Waals surface area contributed by atoms with Crippen LogP contribution in [0.2, 0.25) is 0 Å². The summed E-state index contributed by atoms with van der Waals surface area (Å²) in [5.74, 6) is 0.985. The molecule has 1 aromatic rings. The van der Waals surface area contributed by atoms with E-state index in [0.717, 1.165) is 57.1 Å². The predicted molar refractivity (Wildman–Crippen MR) is 78.3 cm³/mol. The molecule has 0 spiro atoms. The molecule has 1 fully saturated rings. The fourth-order valence-electron chi connectivity index (χ4n) is 2.37. The molecule has 4 heteroatoms. The van der Waals surface area contributed by atoms with Crippen molar-refractivity contribution in [2.45, 2.75) is 39.3 Å². The van der Waals surface area contributed by atoms with Crippen LogP contribution < -0.4 is 5.32 Å². The van der Waals surface area contributed by atoms with E-state index in [1.165, 1.54) is 0 Å². The van der Waals surface area contributed by atoms with Crippen molar-refractivity contribution >= 4 is 5.82 Å². The van der Waals surface area contributed by atoms with E-state index in [1.807, 2.05) is 6.07 Å². The molecule has 19 heavy (non-hydrogen) atoms. The maximum absolute atomic E-state index is 5.67. The quantitative estimate of drug-likeness (QED) is 0.886. The lowest BCUT2D eigenvalue weighted by Gasteiger charge is -2.21. The summed E-state index contributed by atoms with van der Waals surface area (Å²) < 4.78 is 5.67. The van der Waals surface area contributed by atoms with Gasteiger partial charge in [0.25, 0.3) is 0 Å². The third-order valence-electron chi connectivity index (χ3n) is 3.28. The first-order valence-corrected chi connectivity index (χ1v) is 7.31. The lowest BCUT2D eigenvalue weighted by atomic mass is 10.3. The zero-order valence-electron chi connectivity index (χ0n) is 12.1. The maximum Gasteiger partial charge on any atom is 0.126 e. The Morgan fingerprint density at radius 3 is 3.21 bits per heavy atom. The van der Waals surface area contributed by atoms with Crippen LogP contribution in [-0.2, 0) is 11.3 Å². The van der Waals surface area contributed by atoms with E-state index < -0.39 is 0 Å². The molecule has 2 heterocycles. The standard InChI is InChI=1S/C15H25N3O/c1-3-8-16-15-7-4-6-14(17-15)12-18-9-5-10-19-13(2)11-18/h4,6-7,13H,3,5,8-12H2,1-2H3,(H,16,17).